The van der Waals surface area contributed by atoms with E-state index in [2.05, 4.69) is 24.4 Å². The van der Waals surface area contributed by atoms with Crippen molar-refractivity contribution in [3.63, 3.8) is 0 Å². The highest BCUT2D eigenvalue weighted by Crippen LogP contribution is 2.38. The van der Waals surface area contributed by atoms with Crippen molar-refractivity contribution in [2.75, 3.05) is 20.8 Å². The summed E-state index contributed by atoms with van der Waals surface area (Å²) in [6, 6.07) is 16.9. The highest BCUT2D eigenvalue weighted by molar-refractivity contribution is 7.10. The molecule has 0 spiro atoms. The van der Waals surface area contributed by atoms with Gasteiger partial charge in [-0.2, -0.15) is 0 Å². The summed E-state index contributed by atoms with van der Waals surface area (Å²) in [5.41, 5.74) is 2.95. The second-order valence-electron chi connectivity index (χ2n) is 9.85. The van der Waals surface area contributed by atoms with Gasteiger partial charge in [0.2, 0.25) is 11.8 Å². The average Bonchev–Trinajstić information content (AvgIpc) is 3.44. The zero-order chi connectivity index (χ0) is 26.9. The average molecular weight is 535 g/mol. The van der Waals surface area contributed by atoms with Crippen molar-refractivity contribution >= 4 is 23.2 Å². The molecule has 1 aliphatic rings. The third-order valence-electron chi connectivity index (χ3n) is 7.35. The summed E-state index contributed by atoms with van der Waals surface area (Å²) in [6.45, 7) is 2.48. The number of hydrogen-bond donors (Lipinski definition) is 1. The molecule has 4 rings (SSSR count). The second kappa shape index (κ2) is 13.5. The maximum absolute atomic E-state index is 14.1. The number of rotatable bonds is 11. The molecule has 2 amide bonds. The Balaban J connectivity index is 1.74. The normalized spacial score (nSPS) is 14.5. The van der Waals surface area contributed by atoms with Gasteiger partial charge in [-0.3, -0.25) is 9.59 Å². The Kier molecular flexibility index (Phi) is 9.82. The minimum atomic E-state index is -0.849. The number of methoxy groups -OCH3 is 2. The van der Waals surface area contributed by atoms with Gasteiger partial charge >= 0.3 is 0 Å². The van der Waals surface area contributed by atoms with Crippen LogP contribution in [0.5, 0.6) is 11.5 Å². The smallest absolute Gasteiger partial charge is 0.247 e. The molecule has 2 aromatic carbocycles. The van der Waals surface area contributed by atoms with Crippen LogP contribution in [-0.2, 0) is 22.4 Å². The van der Waals surface area contributed by atoms with Gasteiger partial charge in [-0.05, 0) is 54.8 Å². The molecular weight excluding hydrogens is 496 g/mol. The molecule has 1 unspecified atom stereocenters. The summed E-state index contributed by atoms with van der Waals surface area (Å²) >= 11 is 1.55. The lowest BCUT2D eigenvalue weighted by atomic mass is 9.94. The topological polar surface area (TPSA) is 67.9 Å². The number of nitrogens with zero attached hydrogens (tertiary/aromatic N) is 1. The highest BCUT2D eigenvalue weighted by Gasteiger charge is 2.35. The van der Waals surface area contributed by atoms with E-state index in [9.17, 15) is 9.59 Å². The molecule has 0 radical (unpaired) electrons. The Morgan fingerprint density at radius 2 is 1.79 bits per heavy atom. The number of ether oxygens (including phenoxy) is 2. The molecule has 1 atom stereocenters. The van der Waals surface area contributed by atoms with E-state index in [1.807, 2.05) is 47.8 Å². The van der Waals surface area contributed by atoms with E-state index in [1.54, 1.807) is 30.5 Å². The van der Waals surface area contributed by atoms with Gasteiger partial charge in [-0.15, -0.1) is 11.3 Å². The van der Waals surface area contributed by atoms with Crippen LogP contribution in [0.15, 0.2) is 60.0 Å². The van der Waals surface area contributed by atoms with E-state index < -0.39 is 6.04 Å². The number of carbonyl (C=O) groups is 2. The Hall–Kier alpha value is -3.32. The molecule has 1 fully saturated rings. The summed E-state index contributed by atoms with van der Waals surface area (Å²) in [5.74, 6) is 0.746. The lowest BCUT2D eigenvalue weighted by molar-refractivity contribution is -0.140. The van der Waals surface area contributed by atoms with E-state index in [0.29, 0.717) is 30.0 Å². The van der Waals surface area contributed by atoms with Gasteiger partial charge in [0.25, 0.3) is 0 Å². The molecule has 3 aromatic rings. The van der Waals surface area contributed by atoms with Crippen LogP contribution in [0, 0.1) is 6.92 Å². The molecule has 1 N–H and O–H groups in total. The highest BCUT2D eigenvalue weighted by atomic mass is 32.1. The van der Waals surface area contributed by atoms with E-state index in [4.69, 9.17) is 9.47 Å². The minimum Gasteiger partial charge on any atom is -0.493 e. The van der Waals surface area contributed by atoms with Crippen molar-refractivity contribution in [3.05, 3.63) is 81.5 Å². The zero-order valence-corrected chi connectivity index (χ0v) is 23.4. The number of thiophene rings is 1. The first-order valence-electron chi connectivity index (χ1n) is 13.4. The molecule has 6 nitrogen and oxygen atoms in total. The van der Waals surface area contributed by atoms with Crippen molar-refractivity contribution in [2.24, 2.45) is 0 Å². The molecule has 0 bridgehead atoms. The van der Waals surface area contributed by atoms with Crippen molar-refractivity contribution < 1.29 is 19.1 Å². The minimum absolute atomic E-state index is 0.0882. The van der Waals surface area contributed by atoms with Crippen LogP contribution in [0.1, 0.15) is 59.7 Å². The lowest BCUT2D eigenvalue weighted by Crippen LogP contribution is -2.48. The quantitative estimate of drug-likeness (QED) is 0.334. The lowest BCUT2D eigenvalue weighted by Gasteiger charge is -2.34. The SMILES string of the molecule is COc1cccc(C(C(=O)NC2CCCCC2)N(CCc2ccccc2C)C(=O)Cc2cccs2)c1OC. The predicted octanol–water partition coefficient (Wildman–Crippen LogP) is 5.88. The standard InChI is InChI=1S/C31H38N2O4S/c1-22-11-7-8-12-23(22)18-19-33(28(34)21-25-15-10-20-38-25)29(31(35)32-24-13-5-4-6-14-24)26-16-9-17-27(36-2)30(26)37-3/h7-12,15-17,20,24,29H,4-6,13-14,18-19,21H2,1-3H3,(H,32,35). The van der Waals surface area contributed by atoms with Gasteiger partial charge in [-0.25, -0.2) is 0 Å². The first-order chi connectivity index (χ1) is 18.5. The molecule has 202 valence electrons. The predicted molar refractivity (Wildman–Crippen MR) is 152 cm³/mol. The van der Waals surface area contributed by atoms with Crippen LogP contribution in [0.2, 0.25) is 0 Å². The van der Waals surface area contributed by atoms with Crippen LogP contribution in [0.4, 0.5) is 0 Å². The molecule has 38 heavy (non-hydrogen) atoms. The molecule has 1 saturated carbocycles. The third kappa shape index (κ3) is 6.76. The molecule has 1 heterocycles. The number of amides is 2. The molecule has 0 aliphatic heterocycles. The zero-order valence-electron chi connectivity index (χ0n) is 22.6. The Morgan fingerprint density at radius 3 is 2.47 bits per heavy atom. The van der Waals surface area contributed by atoms with E-state index in [0.717, 1.165) is 36.1 Å². The number of carbonyl (C=O) groups excluding carboxylic acids is 2. The number of benzene rings is 2. The maximum Gasteiger partial charge on any atom is 0.247 e. The Bertz CT molecular complexity index is 1200. The van der Waals surface area contributed by atoms with Gasteiger partial charge < -0.3 is 19.7 Å². The fraction of sp³-hybridized carbons (Fsp3) is 0.419. The molecular formula is C31H38N2O4S. The molecule has 0 saturated heterocycles. The Morgan fingerprint density at radius 1 is 1.00 bits per heavy atom. The van der Waals surface area contributed by atoms with Crippen LogP contribution >= 0.6 is 11.3 Å². The van der Waals surface area contributed by atoms with Crippen molar-refractivity contribution in [3.8, 4) is 11.5 Å². The fourth-order valence-corrected chi connectivity index (χ4v) is 5.99. The first kappa shape index (κ1) is 27.7. The van der Waals surface area contributed by atoms with E-state index in [-0.39, 0.29) is 24.3 Å². The van der Waals surface area contributed by atoms with Crippen molar-refractivity contribution in [2.45, 2.75) is 64.0 Å². The number of para-hydroxylation sites is 1. The molecule has 1 aromatic heterocycles. The van der Waals surface area contributed by atoms with Gasteiger partial charge in [0.15, 0.2) is 11.5 Å². The second-order valence-corrected chi connectivity index (χ2v) is 10.9. The van der Waals surface area contributed by atoms with E-state index >= 15 is 0 Å². The number of nitrogens with one attached hydrogen (secondary N) is 1. The van der Waals surface area contributed by atoms with Gasteiger partial charge in [-0.1, -0.05) is 61.7 Å². The third-order valence-corrected chi connectivity index (χ3v) is 8.23. The van der Waals surface area contributed by atoms with Crippen LogP contribution in [-0.4, -0.2) is 43.5 Å². The monoisotopic (exact) mass is 534 g/mol. The summed E-state index contributed by atoms with van der Waals surface area (Å²) in [7, 11) is 3.15. The number of aryl methyl sites for hydroxylation is 1. The fourth-order valence-electron chi connectivity index (χ4n) is 5.30. The largest absolute Gasteiger partial charge is 0.493 e. The summed E-state index contributed by atoms with van der Waals surface area (Å²) < 4.78 is 11.3. The number of hydrogen-bond acceptors (Lipinski definition) is 5. The maximum atomic E-state index is 14.1. The molecule has 1 aliphatic carbocycles. The van der Waals surface area contributed by atoms with Crippen molar-refractivity contribution in [1.29, 1.82) is 0 Å². The molecule has 7 heteroatoms. The van der Waals surface area contributed by atoms with Gasteiger partial charge in [0.05, 0.1) is 20.6 Å². The van der Waals surface area contributed by atoms with Gasteiger partial charge in [0.1, 0.15) is 6.04 Å². The van der Waals surface area contributed by atoms with Crippen LogP contribution in [0.25, 0.3) is 0 Å². The van der Waals surface area contributed by atoms with Crippen LogP contribution in [0.3, 0.4) is 0 Å². The van der Waals surface area contributed by atoms with Gasteiger partial charge in [0, 0.05) is 23.0 Å². The first-order valence-corrected chi connectivity index (χ1v) is 14.3. The van der Waals surface area contributed by atoms with E-state index in [1.165, 1.54) is 12.0 Å². The summed E-state index contributed by atoms with van der Waals surface area (Å²) in [6.07, 6.45) is 6.20. The summed E-state index contributed by atoms with van der Waals surface area (Å²) in [5, 5.41) is 5.25. The van der Waals surface area contributed by atoms with Crippen molar-refractivity contribution in [1.82, 2.24) is 10.2 Å². The van der Waals surface area contributed by atoms with Crippen LogP contribution < -0.4 is 14.8 Å². The summed E-state index contributed by atoms with van der Waals surface area (Å²) in [4.78, 5) is 30.8. The Labute approximate surface area is 230 Å².